The number of piperidine rings is 1. The molecule has 0 bridgehead atoms. The van der Waals surface area contributed by atoms with Gasteiger partial charge in [0.2, 0.25) is 0 Å². The predicted octanol–water partition coefficient (Wildman–Crippen LogP) is 1.61. The van der Waals surface area contributed by atoms with Crippen molar-refractivity contribution < 1.29 is 5.11 Å². The first-order chi connectivity index (χ1) is 6.77. The van der Waals surface area contributed by atoms with Crippen molar-refractivity contribution in [3.63, 3.8) is 0 Å². The molecule has 88 valence electrons. The van der Waals surface area contributed by atoms with Crippen molar-refractivity contribution in [1.82, 2.24) is 10.0 Å². The van der Waals surface area contributed by atoms with Crippen LogP contribution in [0.2, 0.25) is 0 Å². The molecule has 0 aromatic heterocycles. The number of nitrogens with zero attached hydrogens (tertiary/aromatic N) is 2. The molecule has 0 amide bonds. The second-order valence-corrected chi connectivity index (χ2v) is 3.63. The smallest absolute Gasteiger partial charge is 0.0565 e. The zero-order valence-electron chi connectivity index (χ0n) is 9.14. The molecule has 1 aliphatic rings. The van der Waals surface area contributed by atoms with Gasteiger partial charge in [0, 0.05) is 26.2 Å². The molecule has 1 aliphatic heterocycles. The highest BCUT2D eigenvalue weighted by atomic mass is 79.9. The second kappa shape index (κ2) is 8.05. The fraction of sp³-hybridized carbons (Fsp3) is 0.636. The molecule has 15 heavy (non-hydrogen) atoms. The number of hydrazine groups is 1. The van der Waals surface area contributed by atoms with E-state index in [2.05, 4.69) is 23.2 Å². The lowest BCUT2D eigenvalue weighted by atomic mass is 10.1. The third-order valence-corrected chi connectivity index (χ3v) is 2.52. The van der Waals surface area contributed by atoms with Gasteiger partial charge in [0.15, 0.2) is 0 Å². The van der Waals surface area contributed by atoms with Gasteiger partial charge in [-0.2, -0.15) is 0 Å². The Morgan fingerprint density at radius 3 is 2.07 bits per heavy atom. The van der Waals surface area contributed by atoms with Gasteiger partial charge in [-0.1, -0.05) is 12.2 Å². The van der Waals surface area contributed by atoms with Crippen LogP contribution in [0.15, 0.2) is 25.3 Å². The fourth-order valence-electron chi connectivity index (χ4n) is 1.74. The van der Waals surface area contributed by atoms with Crippen molar-refractivity contribution in [2.75, 3.05) is 26.2 Å². The van der Waals surface area contributed by atoms with E-state index in [9.17, 15) is 5.11 Å². The van der Waals surface area contributed by atoms with Crippen LogP contribution in [-0.4, -0.2) is 47.4 Å². The Kier molecular flexibility index (Phi) is 7.96. The van der Waals surface area contributed by atoms with Crippen LogP contribution in [0.5, 0.6) is 0 Å². The first-order valence-corrected chi connectivity index (χ1v) is 5.17. The number of hydrogen-bond donors (Lipinski definition) is 1. The van der Waals surface area contributed by atoms with Gasteiger partial charge in [-0.25, -0.2) is 10.0 Å². The predicted molar refractivity (Wildman–Crippen MR) is 69.1 cm³/mol. The molecule has 0 aliphatic carbocycles. The number of aliphatic hydroxyl groups is 1. The summed E-state index contributed by atoms with van der Waals surface area (Å²) >= 11 is 0. The fourth-order valence-corrected chi connectivity index (χ4v) is 1.74. The van der Waals surface area contributed by atoms with Gasteiger partial charge < -0.3 is 5.11 Å². The average Bonchev–Trinajstić information content (AvgIpc) is 2.19. The molecule has 4 heteroatoms. The average molecular weight is 277 g/mol. The largest absolute Gasteiger partial charge is 0.393 e. The number of halogens is 1. The minimum Gasteiger partial charge on any atom is -0.393 e. The Morgan fingerprint density at radius 2 is 1.67 bits per heavy atom. The Labute approximate surface area is 103 Å². The zero-order chi connectivity index (χ0) is 10.4. The van der Waals surface area contributed by atoms with E-state index in [0.717, 1.165) is 39.0 Å². The lowest BCUT2D eigenvalue weighted by Crippen LogP contribution is -2.48. The third-order valence-electron chi connectivity index (χ3n) is 2.52. The summed E-state index contributed by atoms with van der Waals surface area (Å²) in [6.45, 7) is 11.0. The highest BCUT2D eigenvalue weighted by Gasteiger charge is 2.20. The highest BCUT2D eigenvalue weighted by molar-refractivity contribution is 8.93. The van der Waals surface area contributed by atoms with E-state index in [0.29, 0.717) is 0 Å². The van der Waals surface area contributed by atoms with Gasteiger partial charge in [-0.05, 0) is 12.8 Å². The van der Waals surface area contributed by atoms with Crippen molar-refractivity contribution in [3.8, 4) is 0 Å². The number of aliphatic hydroxyl groups excluding tert-OH is 1. The molecular formula is C11H21BrN2O. The summed E-state index contributed by atoms with van der Waals surface area (Å²) in [5.41, 5.74) is 0. The Morgan fingerprint density at radius 1 is 1.20 bits per heavy atom. The minimum absolute atomic E-state index is 0. The summed E-state index contributed by atoms with van der Waals surface area (Å²) in [5.74, 6) is 0. The van der Waals surface area contributed by atoms with E-state index in [-0.39, 0.29) is 23.1 Å². The number of hydrogen-bond acceptors (Lipinski definition) is 3. The monoisotopic (exact) mass is 276 g/mol. The second-order valence-electron chi connectivity index (χ2n) is 3.63. The van der Waals surface area contributed by atoms with Crippen LogP contribution >= 0.6 is 17.0 Å². The number of rotatable bonds is 5. The van der Waals surface area contributed by atoms with Crippen molar-refractivity contribution in [1.29, 1.82) is 0 Å². The van der Waals surface area contributed by atoms with Crippen molar-refractivity contribution >= 4 is 17.0 Å². The first kappa shape index (κ1) is 14.8. The van der Waals surface area contributed by atoms with E-state index < -0.39 is 0 Å². The Hall–Kier alpha value is -0.160. The van der Waals surface area contributed by atoms with Crippen LogP contribution in [0.1, 0.15) is 12.8 Å². The maximum Gasteiger partial charge on any atom is 0.0565 e. The van der Waals surface area contributed by atoms with Crippen molar-refractivity contribution in [2.24, 2.45) is 0 Å². The van der Waals surface area contributed by atoms with Gasteiger partial charge >= 0.3 is 0 Å². The normalized spacial score (nSPS) is 18.5. The molecule has 0 spiro atoms. The molecule has 0 atom stereocenters. The molecule has 0 saturated carbocycles. The van der Waals surface area contributed by atoms with E-state index in [1.165, 1.54) is 0 Å². The summed E-state index contributed by atoms with van der Waals surface area (Å²) in [7, 11) is 0. The Bertz CT molecular complexity index is 181. The van der Waals surface area contributed by atoms with Gasteiger partial charge in [-0.3, -0.25) is 0 Å². The summed E-state index contributed by atoms with van der Waals surface area (Å²) < 4.78 is 0. The van der Waals surface area contributed by atoms with Crippen molar-refractivity contribution in [3.05, 3.63) is 25.3 Å². The molecule has 0 radical (unpaired) electrons. The summed E-state index contributed by atoms with van der Waals surface area (Å²) in [5, 5.41) is 13.9. The van der Waals surface area contributed by atoms with Gasteiger partial charge in [0.05, 0.1) is 6.10 Å². The molecule has 1 N–H and O–H groups in total. The molecule has 0 unspecified atom stereocenters. The first-order valence-electron chi connectivity index (χ1n) is 5.17. The van der Waals surface area contributed by atoms with Crippen LogP contribution in [0.3, 0.4) is 0 Å². The standard InChI is InChI=1S/C11H20N2O.BrH/c1-3-7-12(8-4-2)13-9-5-11(14)6-10-13;/h3-4,11,14H,1-2,5-10H2;1H. The Balaban J connectivity index is 0.00000196. The van der Waals surface area contributed by atoms with Gasteiger partial charge in [-0.15, -0.1) is 30.1 Å². The molecule has 1 rings (SSSR count). The van der Waals surface area contributed by atoms with Crippen LogP contribution < -0.4 is 0 Å². The quantitative estimate of drug-likeness (QED) is 0.773. The van der Waals surface area contributed by atoms with E-state index >= 15 is 0 Å². The van der Waals surface area contributed by atoms with E-state index in [1.54, 1.807) is 0 Å². The maximum absolute atomic E-state index is 9.38. The lowest BCUT2D eigenvalue weighted by Gasteiger charge is -2.37. The lowest BCUT2D eigenvalue weighted by molar-refractivity contribution is -0.0492. The topological polar surface area (TPSA) is 26.7 Å². The van der Waals surface area contributed by atoms with E-state index in [4.69, 9.17) is 0 Å². The third kappa shape index (κ3) is 4.93. The SMILES string of the molecule is Br.C=CCN(CC=C)N1CCC(O)CC1. The van der Waals surface area contributed by atoms with Crippen LogP contribution in [0.25, 0.3) is 0 Å². The molecule has 1 fully saturated rings. The summed E-state index contributed by atoms with van der Waals surface area (Å²) in [4.78, 5) is 0. The molecule has 3 nitrogen and oxygen atoms in total. The summed E-state index contributed by atoms with van der Waals surface area (Å²) in [6, 6.07) is 0. The van der Waals surface area contributed by atoms with Gasteiger partial charge in [0.1, 0.15) is 0 Å². The molecule has 0 aromatic rings. The highest BCUT2D eigenvalue weighted by Crippen LogP contribution is 2.12. The minimum atomic E-state index is -0.111. The van der Waals surface area contributed by atoms with Crippen molar-refractivity contribution in [2.45, 2.75) is 18.9 Å². The summed E-state index contributed by atoms with van der Waals surface area (Å²) in [6.07, 6.45) is 5.42. The van der Waals surface area contributed by atoms with Crippen LogP contribution in [0, 0.1) is 0 Å². The van der Waals surface area contributed by atoms with E-state index in [1.807, 2.05) is 12.2 Å². The molecule has 1 saturated heterocycles. The van der Waals surface area contributed by atoms with Gasteiger partial charge in [0.25, 0.3) is 0 Å². The zero-order valence-corrected chi connectivity index (χ0v) is 10.9. The molecule has 0 aromatic carbocycles. The van der Waals surface area contributed by atoms with Crippen LogP contribution in [0.4, 0.5) is 0 Å². The van der Waals surface area contributed by atoms with Crippen LogP contribution in [-0.2, 0) is 0 Å². The molecular weight excluding hydrogens is 256 g/mol. The molecule has 1 heterocycles. The maximum atomic E-state index is 9.38.